The first-order valence-electron chi connectivity index (χ1n) is 10.9. The molecule has 5 heteroatoms. The summed E-state index contributed by atoms with van der Waals surface area (Å²) in [5, 5.41) is 1.18. The number of aromatic nitrogens is 1. The van der Waals surface area contributed by atoms with E-state index in [0.717, 1.165) is 37.0 Å². The van der Waals surface area contributed by atoms with E-state index in [2.05, 4.69) is 35.0 Å². The third-order valence-electron chi connectivity index (χ3n) is 7.79. The molecule has 5 nitrogen and oxygen atoms in total. The molecule has 1 saturated carbocycles. The Bertz CT molecular complexity index is 980. The van der Waals surface area contributed by atoms with Gasteiger partial charge in [0.1, 0.15) is 11.2 Å². The topological polar surface area (TPSA) is 62.4 Å². The number of hydrogen-bond donors (Lipinski definition) is 1. The number of ketones is 1. The van der Waals surface area contributed by atoms with Crippen molar-refractivity contribution < 1.29 is 14.3 Å². The highest BCUT2D eigenvalue weighted by Gasteiger charge is 2.64. The molecule has 1 aliphatic carbocycles. The van der Waals surface area contributed by atoms with Gasteiger partial charge in [0.2, 0.25) is 0 Å². The molecular weight excluding hydrogens is 364 g/mol. The van der Waals surface area contributed by atoms with Crippen molar-refractivity contribution in [1.29, 1.82) is 0 Å². The summed E-state index contributed by atoms with van der Waals surface area (Å²) in [6, 6.07) is 8.54. The number of carbonyl (C=O) groups is 2. The van der Waals surface area contributed by atoms with Gasteiger partial charge in [0, 0.05) is 41.6 Å². The molecule has 4 bridgehead atoms. The minimum Gasteiger partial charge on any atom is -0.468 e. The predicted octanol–water partition coefficient (Wildman–Crippen LogP) is 3.60. The number of esters is 1. The average Bonchev–Trinajstić information content (AvgIpc) is 3.07. The first-order valence-corrected chi connectivity index (χ1v) is 10.9. The Morgan fingerprint density at radius 2 is 2.10 bits per heavy atom. The first kappa shape index (κ1) is 18.9. The number of hydrogen-bond acceptors (Lipinski definition) is 4. The summed E-state index contributed by atoms with van der Waals surface area (Å²) in [6.07, 6.45) is 4.38. The number of para-hydroxylation sites is 1. The van der Waals surface area contributed by atoms with Gasteiger partial charge in [0.25, 0.3) is 0 Å². The fourth-order valence-corrected chi connectivity index (χ4v) is 6.89. The quantitative estimate of drug-likeness (QED) is 0.805. The van der Waals surface area contributed by atoms with Crippen LogP contribution in [0.5, 0.6) is 0 Å². The molecule has 4 aliphatic rings. The molecule has 4 heterocycles. The number of benzene rings is 1. The van der Waals surface area contributed by atoms with Gasteiger partial charge in [-0.2, -0.15) is 0 Å². The number of H-pyrrole nitrogens is 1. The van der Waals surface area contributed by atoms with Crippen molar-refractivity contribution in [3.8, 4) is 0 Å². The minimum absolute atomic E-state index is 0.0867. The summed E-state index contributed by atoms with van der Waals surface area (Å²) in [6.45, 7) is 4.91. The van der Waals surface area contributed by atoms with E-state index in [-0.39, 0.29) is 23.8 Å². The summed E-state index contributed by atoms with van der Waals surface area (Å²) in [4.78, 5) is 31.9. The van der Waals surface area contributed by atoms with Crippen molar-refractivity contribution in [3.63, 3.8) is 0 Å². The van der Waals surface area contributed by atoms with Crippen LogP contribution in [0.15, 0.2) is 24.3 Å². The van der Waals surface area contributed by atoms with Crippen molar-refractivity contribution >= 4 is 22.7 Å². The third-order valence-corrected chi connectivity index (χ3v) is 7.79. The van der Waals surface area contributed by atoms with Gasteiger partial charge in [-0.1, -0.05) is 31.5 Å². The highest BCUT2D eigenvalue weighted by Crippen LogP contribution is 2.56. The lowest BCUT2D eigenvalue weighted by Crippen LogP contribution is -2.69. The molecule has 6 atom stereocenters. The van der Waals surface area contributed by atoms with E-state index >= 15 is 0 Å². The SMILES string of the molecule is CCC1CC2CN3C(CC(C)=O)Cc4c([nH]c5ccccc45)C(C(=O)OC)(C2)C13. The van der Waals surface area contributed by atoms with Crippen molar-refractivity contribution in [2.24, 2.45) is 11.8 Å². The number of rotatable bonds is 4. The highest BCUT2D eigenvalue weighted by molar-refractivity contribution is 5.92. The number of carbonyl (C=O) groups excluding carboxylic acids is 2. The van der Waals surface area contributed by atoms with Crippen LogP contribution in [0.1, 0.15) is 50.8 Å². The highest BCUT2D eigenvalue weighted by atomic mass is 16.5. The smallest absolute Gasteiger partial charge is 0.319 e. The zero-order chi connectivity index (χ0) is 20.3. The number of nitrogens with one attached hydrogen (secondary N) is 1. The zero-order valence-electron chi connectivity index (χ0n) is 17.5. The Morgan fingerprint density at radius 1 is 1.31 bits per heavy atom. The van der Waals surface area contributed by atoms with E-state index in [9.17, 15) is 9.59 Å². The molecule has 29 heavy (non-hydrogen) atoms. The van der Waals surface area contributed by atoms with Gasteiger partial charge in [-0.05, 0) is 49.7 Å². The zero-order valence-corrected chi connectivity index (χ0v) is 17.5. The van der Waals surface area contributed by atoms with Crippen molar-refractivity contribution in [1.82, 2.24) is 9.88 Å². The number of aromatic amines is 1. The standard InChI is InChI=1S/C24H30N2O3/c1-4-16-10-15-12-24(23(28)29-3)21-19(18-7-5-6-8-20(18)25-21)11-17(9-14(2)27)26(13-15)22(16)24/h5-8,15-17,22,25H,4,9-13H2,1-3H3. The fraction of sp³-hybridized carbons (Fsp3) is 0.583. The largest absolute Gasteiger partial charge is 0.468 e. The molecule has 154 valence electrons. The van der Waals surface area contributed by atoms with Gasteiger partial charge in [-0.3, -0.25) is 14.5 Å². The summed E-state index contributed by atoms with van der Waals surface area (Å²) in [5.41, 5.74) is 2.66. The van der Waals surface area contributed by atoms with Gasteiger partial charge in [0.05, 0.1) is 7.11 Å². The number of nitrogens with zero attached hydrogens (tertiary/aromatic N) is 1. The van der Waals surface area contributed by atoms with Crippen molar-refractivity contribution in [2.75, 3.05) is 13.7 Å². The number of fused-ring (bicyclic) bond motifs is 4. The predicted molar refractivity (Wildman–Crippen MR) is 112 cm³/mol. The van der Waals surface area contributed by atoms with Gasteiger partial charge in [-0.25, -0.2) is 0 Å². The van der Waals surface area contributed by atoms with Crippen LogP contribution in [0.3, 0.4) is 0 Å². The van der Waals surface area contributed by atoms with E-state index in [1.807, 2.05) is 6.07 Å². The number of Topliss-reactive ketones (excluding diaryl/α,β-unsaturated/α-hetero) is 1. The fourth-order valence-electron chi connectivity index (χ4n) is 6.89. The van der Waals surface area contributed by atoms with Crippen molar-refractivity contribution in [2.45, 2.75) is 63.5 Å². The van der Waals surface area contributed by atoms with E-state index < -0.39 is 5.41 Å². The Hall–Kier alpha value is -2.14. The summed E-state index contributed by atoms with van der Waals surface area (Å²) in [5.74, 6) is 0.993. The third kappa shape index (κ3) is 2.56. The Kier molecular flexibility index (Phi) is 4.35. The van der Waals surface area contributed by atoms with Gasteiger partial charge < -0.3 is 9.72 Å². The van der Waals surface area contributed by atoms with E-state index in [4.69, 9.17) is 4.74 Å². The normalized spacial score (nSPS) is 35.2. The van der Waals surface area contributed by atoms with Crippen LogP contribution in [-0.4, -0.2) is 47.4 Å². The molecule has 0 amide bonds. The van der Waals surface area contributed by atoms with Gasteiger partial charge in [-0.15, -0.1) is 0 Å². The molecule has 0 spiro atoms. The summed E-state index contributed by atoms with van der Waals surface area (Å²) in [7, 11) is 1.52. The molecule has 6 unspecified atom stereocenters. The lowest BCUT2D eigenvalue weighted by Gasteiger charge is -2.59. The average molecular weight is 395 g/mol. The van der Waals surface area contributed by atoms with Crippen LogP contribution in [0.4, 0.5) is 0 Å². The Labute approximate surface area is 171 Å². The number of ether oxygens (including phenoxy) is 1. The van der Waals surface area contributed by atoms with Crippen LogP contribution >= 0.6 is 0 Å². The van der Waals surface area contributed by atoms with Crippen LogP contribution in [0.25, 0.3) is 10.9 Å². The van der Waals surface area contributed by atoms with Gasteiger partial charge >= 0.3 is 5.97 Å². The molecule has 3 aliphatic heterocycles. The minimum atomic E-state index is -0.670. The monoisotopic (exact) mass is 394 g/mol. The maximum Gasteiger partial charge on any atom is 0.319 e. The van der Waals surface area contributed by atoms with Gasteiger partial charge in [0.15, 0.2) is 0 Å². The molecule has 2 saturated heterocycles. The molecule has 0 radical (unpaired) electrons. The Balaban J connectivity index is 1.80. The molecule has 1 aromatic heterocycles. The Morgan fingerprint density at radius 3 is 2.83 bits per heavy atom. The lowest BCUT2D eigenvalue weighted by atomic mass is 9.56. The maximum atomic E-state index is 13.5. The van der Waals surface area contributed by atoms with Crippen LogP contribution in [0, 0.1) is 11.8 Å². The molecule has 3 fully saturated rings. The summed E-state index contributed by atoms with van der Waals surface area (Å²) < 4.78 is 5.48. The maximum absolute atomic E-state index is 13.5. The van der Waals surface area contributed by atoms with Crippen LogP contribution in [0.2, 0.25) is 0 Å². The summed E-state index contributed by atoms with van der Waals surface area (Å²) >= 11 is 0. The van der Waals surface area contributed by atoms with Crippen LogP contribution < -0.4 is 0 Å². The second-order valence-corrected chi connectivity index (χ2v) is 9.37. The number of piperidine rings is 2. The van der Waals surface area contributed by atoms with Crippen LogP contribution in [-0.2, 0) is 26.2 Å². The van der Waals surface area contributed by atoms with Crippen molar-refractivity contribution in [3.05, 3.63) is 35.5 Å². The molecule has 6 rings (SSSR count). The molecule has 1 N–H and O–H groups in total. The second kappa shape index (κ2) is 6.69. The van der Waals surface area contributed by atoms with E-state index in [0.29, 0.717) is 18.3 Å². The number of methoxy groups -OCH3 is 1. The first-order chi connectivity index (χ1) is 14.0. The molecule has 2 aromatic rings. The lowest BCUT2D eigenvalue weighted by molar-refractivity contribution is -0.164. The second-order valence-electron chi connectivity index (χ2n) is 9.37. The van der Waals surface area contributed by atoms with E-state index in [1.54, 1.807) is 6.92 Å². The van der Waals surface area contributed by atoms with E-state index in [1.165, 1.54) is 24.5 Å². The molecule has 1 aromatic carbocycles. The molecular formula is C24H30N2O3.